The maximum atomic E-state index is 5.86. The van der Waals surface area contributed by atoms with E-state index in [4.69, 9.17) is 9.47 Å². The summed E-state index contributed by atoms with van der Waals surface area (Å²) in [5.41, 5.74) is 1.02. The van der Waals surface area contributed by atoms with Crippen LogP contribution in [0, 0.1) is 0 Å². The fourth-order valence-electron chi connectivity index (χ4n) is 2.35. The SMILES string of the molecule is CN=C(NCCCOC1CCOCC1)NCc1csc(N(C)C)n1.I. The van der Waals surface area contributed by atoms with E-state index in [1.807, 2.05) is 19.0 Å². The van der Waals surface area contributed by atoms with Crippen molar-refractivity contribution in [3.63, 3.8) is 0 Å². The van der Waals surface area contributed by atoms with Crippen LogP contribution < -0.4 is 15.5 Å². The molecule has 7 nitrogen and oxygen atoms in total. The first-order chi connectivity index (χ1) is 11.7. The minimum atomic E-state index is 0. The average Bonchev–Trinajstić information content (AvgIpc) is 3.07. The maximum absolute atomic E-state index is 5.86. The van der Waals surface area contributed by atoms with E-state index < -0.39 is 0 Å². The number of guanidine groups is 1. The molecule has 0 radical (unpaired) electrons. The van der Waals surface area contributed by atoms with Crippen molar-refractivity contribution in [2.45, 2.75) is 31.9 Å². The molecule has 1 saturated heterocycles. The van der Waals surface area contributed by atoms with Crippen LogP contribution in [0.15, 0.2) is 10.4 Å². The van der Waals surface area contributed by atoms with Crippen molar-refractivity contribution in [2.75, 3.05) is 52.4 Å². The number of aliphatic imine (C=N–C) groups is 1. The molecule has 1 aliphatic rings. The lowest BCUT2D eigenvalue weighted by Gasteiger charge is -2.22. The number of rotatable bonds is 8. The number of ether oxygens (including phenoxy) is 2. The summed E-state index contributed by atoms with van der Waals surface area (Å²) in [6, 6.07) is 0. The average molecular weight is 483 g/mol. The maximum Gasteiger partial charge on any atom is 0.191 e. The lowest BCUT2D eigenvalue weighted by atomic mass is 10.1. The van der Waals surface area contributed by atoms with Gasteiger partial charge in [-0.3, -0.25) is 4.99 Å². The molecule has 0 amide bonds. The van der Waals surface area contributed by atoms with E-state index in [0.29, 0.717) is 12.6 Å². The quantitative estimate of drug-likeness (QED) is 0.256. The Morgan fingerprint density at radius 2 is 2.16 bits per heavy atom. The van der Waals surface area contributed by atoms with E-state index >= 15 is 0 Å². The first-order valence-corrected chi connectivity index (χ1v) is 9.32. The molecule has 0 aliphatic carbocycles. The molecule has 0 saturated carbocycles. The zero-order chi connectivity index (χ0) is 17.2. The highest BCUT2D eigenvalue weighted by Crippen LogP contribution is 2.17. The van der Waals surface area contributed by atoms with Crippen molar-refractivity contribution >= 4 is 46.4 Å². The summed E-state index contributed by atoms with van der Waals surface area (Å²) in [7, 11) is 5.78. The molecule has 0 aromatic carbocycles. The standard InChI is InChI=1S/C16H29N5O2S.HI/c1-17-15(19-11-13-12-24-16(20-13)21(2)3)18-7-4-8-23-14-5-9-22-10-6-14;/h12,14H,4-11H2,1-3H3,(H2,17,18,19);1H. The van der Waals surface area contributed by atoms with E-state index in [9.17, 15) is 0 Å². The molecule has 1 aliphatic heterocycles. The second kappa shape index (κ2) is 12.7. The molecule has 0 bridgehead atoms. The van der Waals surface area contributed by atoms with Crippen molar-refractivity contribution in [3.8, 4) is 0 Å². The summed E-state index contributed by atoms with van der Waals surface area (Å²) in [4.78, 5) is 10.8. The van der Waals surface area contributed by atoms with Gasteiger partial charge in [0.2, 0.25) is 0 Å². The molecule has 2 heterocycles. The zero-order valence-electron chi connectivity index (χ0n) is 15.3. The highest BCUT2D eigenvalue weighted by atomic mass is 127. The van der Waals surface area contributed by atoms with Gasteiger partial charge in [0.15, 0.2) is 11.1 Å². The van der Waals surface area contributed by atoms with Crippen LogP contribution in [0.1, 0.15) is 25.0 Å². The topological polar surface area (TPSA) is 71.0 Å². The van der Waals surface area contributed by atoms with Crippen molar-refractivity contribution < 1.29 is 9.47 Å². The van der Waals surface area contributed by atoms with Gasteiger partial charge in [-0.1, -0.05) is 0 Å². The normalized spacial score (nSPS) is 15.6. The lowest BCUT2D eigenvalue weighted by molar-refractivity contribution is -0.0320. The molecule has 2 rings (SSSR count). The molecule has 0 spiro atoms. The number of thiazole rings is 1. The Balaban J connectivity index is 0.00000312. The summed E-state index contributed by atoms with van der Waals surface area (Å²) in [6.07, 6.45) is 3.35. The molecule has 0 unspecified atom stereocenters. The van der Waals surface area contributed by atoms with E-state index in [2.05, 4.69) is 26.0 Å². The number of anilines is 1. The van der Waals surface area contributed by atoms with E-state index in [1.54, 1.807) is 18.4 Å². The number of hydrogen-bond acceptors (Lipinski definition) is 6. The Morgan fingerprint density at radius 1 is 1.40 bits per heavy atom. The van der Waals surface area contributed by atoms with Crippen molar-refractivity contribution in [3.05, 3.63) is 11.1 Å². The highest BCUT2D eigenvalue weighted by molar-refractivity contribution is 14.0. The summed E-state index contributed by atoms with van der Waals surface area (Å²) in [5, 5.41) is 9.67. The van der Waals surface area contributed by atoms with Crippen LogP contribution in [0.4, 0.5) is 5.13 Å². The molecule has 0 atom stereocenters. The smallest absolute Gasteiger partial charge is 0.191 e. The molecular weight excluding hydrogens is 453 g/mol. The van der Waals surface area contributed by atoms with Crippen molar-refractivity contribution in [1.82, 2.24) is 15.6 Å². The molecule has 1 fully saturated rings. The zero-order valence-corrected chi connectivity index (χ0v) is 18.4. The van der Waals surface area contributed by atoms with Crippen LogP contribution in [-0.2, 0) is 16.0 Å². The third-order valence-corrected chi connectivity index (χ3v) is 4.78. The van der Waals surface area contributed by atoms with Crippen LogP contribution >= 0.6 is 35.3 Å². The van der Waals surface area contributed by atoms with Gasteiger partial charge in [0.1, 0.15) is 0 Å². The van der Waals surface area contributed by atoms with Crippen LogP contribution in [0.2, 0.25) is 0 Å². The minimum absolute atomic E-state index is 0. The Bertz CT molecular complexity index is 506. The van der Waals surface area contributed by atoms with Gasteiger partial charge in [-0.2, -0.15) is 0 Å². The van der Waals surface area contributed by atoms with Gasteiger partial charge in [-0.05, 0) is 19.3 Å². The van der Waals surface area contributed by atoms with E-state index in [-0.39, 0.29) is 24.0 Å². The third-order valence-electron chi connectivity index (χ3n) is 3.72. The van der Waals surface area contributed by atoms with Crippen molar-refractivity contribution in [1.29, 1.82) is 0 Å². The van der Waals surface area contributed by atoms with E-state index in [1.165, 1.54) is 0 Å². The summed E-state index contributed by atoms with van der Waals surface area (Å²) in [6.45, 7) is 3.93. The van der Waals surface area contributed by atoms with Crippen LogP contribution in [0.25, 0.3) is 0 Å². The van der Waals surface area contributed by atoms with Gasteiger partial charge in [0.05, 0.1) is 18.3 Å². The molecule has 25 heavy (non-hydrogen) atoms. The first-order valence-electron chi connectivity index (χ1n) is 8.44. The highest BCUT2D eigenvalue weighted by Gasteiger charge is 2.13. The predicted octanol–water partition coefficient (Wildman–Crippen LogP) is 2.08. The van der Waals surface area contributed by atoms with Crippen LogP contribution in [-0.4, -0.2) is 64.6 Å². The summed E-state index contributed by atoms with van der Waals surface area (Å²) in [5.74, 6) is 0.792. The summed E-state index contributed by atoms with van der Waals surface area (Å²) < 4.78 is 11.2. The Hall–Kier alpha value is -0.650. The molecule has 2 N–H and O–H groups in total. The Morgan fingerprint density at radius 3 is 2.80 bits per heavy atom. The molecule has 1 aromatic heterocycles. The van der Waals surface area contributed by atoms with Gasteiger partial charge < -0.3 is 25.0 Å². The fraction of sp³-hybridized carbons (Fsp3) is 0.750. The van der Waals surface area contributed by atoms with Crippen LogP contribution in [0.3, 0.4) is 0 Å². The minimum Gasteiger partial charge on any atom is -0.381 e. The second-order valence-corrected chi connectivity index (χ2v) is 6.74. The Kier molecular flexibility index (Phi) is 11.3. The third kappa shape index (κ3) is 8.52. The summed E-state index contributed by atoms with van der Waals surface area (Å²) >= 11 is 1.64. The van der Waals surface area contributed by atoms with E-state index in [0.717, 1.165) is 62.4 Å². The molecule has 1 aromatic rings. The van der Waals surface area contributed by atoms with Crippen molar-refractivity contribution in [2.24, 2.45) is 4.99 Å². The number of halogens is 1. The lowest BCUT2D eigenvalue weighted by Crippen LogP contribution is -2.37. The monoisotopic (exact) mass is 483 g/mol. The van der Waals surface area contributed by atoms with Gasteiger partial charge in [0.25, 0.3) is 0 Å². The second-order valence-electron chi connectivity index (χ2n) is 5.90. The number of hydrogen-bond donors (Lipinski definition) is 2. The van der Waals surface area contributed by atoms with Gasteiger partial charge >= 0.3 is 0 Å². The van der Waals surface area contributed by atoms with Gasteiger partial charge in [-0.25, -0.2) is 4.98 Å². The number of aromatic nitrogens is 1. The van der Waals surface area contributed by atoms with Gasteiger partial charge in [0, 0.05) is 52.9 Å². The molecule has 144 valence electrons. The van der Waals surface area contributed by atoms with Crippen LogP contribution in [0.5, 0.6) is 0 Å². The number of nitrogens with zero attached hydrogens (tertiary/aromatic N) is 3. The number of nitrogens with one attached hydrogen (secondary N) is 2. The van der Waals surface area contributed by atoms with Gasteiger partial charge in [-0.15, -0.1) is 35.3 Å². The predicted molar refractivity (Wildman–Crippen MR) is 114 cm³/mol. The fourth-order valence-corrected chi connectivity index (χ4v) is 3.11. The Labute approximate surface area is 171 Å². The first kappa shape index (κ1) is 22.4. The molecular formula is C16H30IN5O2S. The molecule has 9 heteroatoms. The largest absolute Gasteiger partial charge is 0.381 e.